The third kappa shape index (κ3) is 4.77. The number of methoxy groups -OCH3 is 1. The van der Waals surface area contributed by atoms with Gasteiger partial charge in [0.25, 0.3) is 5.91 Å². The number of benzene rings is 3. The molecular formula is C32H28N2O7. The zero-order valence-electron chi connectivity index (χ0n) is 22.3. The summed E-state index contributed by atoms with van der Waals surface area (Å²) in [5.74, 6) is -2.37. The van der Waals surface area contributed by atoms with Gasteiger partial charge < -0.3 is 14.8 Å². The summed E-state index contributed by atoms with van der Waals surface area (Å²) in [6, 6.07) is 22.4. The van der Waals surface area contributed by atoms with E-state index in [0.717, 1.165) is 12.8 Å². The van der Waals surface area contributed by atoms with Gasteiger partial charge in [0, 0.05) is 5.69 Å². The van der Waals surface area contributed by atoms with Crippen LogP contribution in [0.5, 0.6) is 0 Å². The smallest absolute Gasteiger partial charge is 0.338 e. The Morgan fingerprint density at radius 3 is 2.29 bits per heavy atom. The molecule has 5 atom stereocenters. The molecule has 1 N–H and O–H groups in total. The van der Waals surface area contributed by atoms with Crippen LogP contribution in [0.1, 0.15) is 45.0 Å². The summed E-state index contributed by atoms with van der Waals surface area (Å²) in [6.45, 7) is -0.544. The quantitative estimate of drug-likeness (QED) is 0.345. The molecular weight excluding hydrogens is 524 g/mol. The molecule has 0 unspecified atom stereocenters. The molecule has 3 aromatic rings. The number of carbonyl (C=O) groups is 5. The molecule has 9 heteroatoms. The Morgan fingerprint density at radius 2 is 1.56 bits per heavy atom. The molecule has 2 saturated carbocycles. The Balaban J connectivity index is 1.10. The topological polar surface area (TPSA) is 119 Å². The number of hydrogen-bond acceptors (Lipinski definition) is 7. The lowest BCUT2D eigenvalue weighted by Crippen LogP contribution is -2.33. The molecule has 41 heavy (non-hydrogen) atoms. The second-order valence-electron chi connectivity index (χ2n) is 10.7. The molecule has 2 bridgehead atoms. The van der Waals surface area contributed by atoms with Gasteiger partial charge in [-0.15, -0.1) is 0 Å². The number of nitrogens with zero attached hydrogens (tertiary/aromatic N) is 1. The lowest BCUT2D eigenvalue weighted by molar-refractivity contribution is -0.123. The summed E-state index contributed by atoms with van der Waals surface area (Å²) < 4.78 is 9.83. The predicted molar refractivity (Wildman–Crippen MR) is 148 cm³/mol. The molecule has 2 aliphatic carbocycles. The Bertz CT molecular complexity index is 1540. The van der Waals surface area contributed by atoms with Gasteiger partial charge in [-0.25, -0.2) is 9.59 Å². The van der Waals surface area contributed by atoms with E-state index in [2.05, 4.69) is 22.2 Å². The number of amides is 3. The number of fused-ring (bicyclic) bond motifs is 5. The first-order valence-electron chi connectivity index (χ1n) is 13.5. The number of carbonyl (C=O) groups excluding carboxylic acids is 5. The molecule has 208 valence electrons. The molecule has 6 rings (SSSR count). The van der Waals surface area contributed by atoms with Crippen LogP contribution in [-0.2, 0) is 23.9 Å². The van der Waals surface area contributed by atoms with Crippen molar-refractivity contribution in [2.24, 2.45) is 23.7 Å². The minimum Gasteiger partial charge on any atom is -0.465 e. The van der Waals surface area contributed by atoms with Crippen LogP contribution < -0.4 is 10.2 Å². The first kappa shape index (κ1) is 26.4. The summed E-state index contributed by atoms with van der Waals surface area (Å²) in [5, 5.41) is 2.59. The highest BCUT2D eigenvalue weighted by Crippen LogP contribution is 2.61. The first-order chi connectivity index (χ1) is 19.9. The molecule has 3 aromatic carbocycles. The van der Waals surface area contributed by atoms with Crippen molar-refractivity contribution in [2.45, 2.75) is 18.8 Å². The van der Waals surface area contributed by atoms with E-state index in [1.54, 1.807) is 12.1 Å². The lowest BCUT2D eigenvalue weighted by Gasteiger charge is -2.28. The molecule has 3 fully saturated rings. The van der Waals surface area contributed by atoms with Gasteiger partial charge in [0.15, 0.2) is 6.61 Å². The van der Waals surface area contributed by atoms with Crippen molar-refractivity contribution in [3.63, 3.8) is 0 Å². The average Bonchev–Trinajstić information content (AvgIpc) is 3.67. The SMILES string of the molecule is COC(=O)c1ccc(NC(=O)COC(=O)c2cccc(N3C(=O)[C@@H]4[C@@H]5C[C@@H]([C@H]4C3=O)[C@@H](c3ccccc3)C5)c2)cc1. The number of anilines is 2. The highest BCUT2D eigenvalue weighted by Gasteiger charge is 2.64. The van der Waals surface area contributed by atoms with Crippen LogP contribution in [0.4, 0.5) is 11.4 Å². The molecule has 9 nitrogen and oxygen atoms in total. The third-order valence-electron chi connectivity index (χ3n) is 8.51. The van der Waals surface area contributed by atoms with E-state index >= 15 is 0 Å². The summed E-state index contributed by atoms with van der Waals surface area (Å²) in [7, 11) is 1.28. The molecule has 3 aliphatic rings. The average molecular weight is 553 g/mol. The van der Waals surface area contributed by atoms with Gasteiger partial charge in [-0.1, -0.05) is 36.4 Å². The fraction of sp³-hybridized carbons (Fsp3) is 0.281. The van der Waals surface area contributed by atoms with E-state index in [9.17, 15) is 24.0 Å². The third-order valence-corrected chi connectivity index (χ3v) is 8.51. The Kier molecular flexibility index (Phi) is 6.86. The number of ether oxygens (including phenoxy) is 2. The van der Waals surface area contributed by atoms with Gasteiger partial charge in [-0.3, -0.25) is 19.3 Å². The fourth-order valence-electron chi connectivity index (χ4n) is 6.79. The first-order valence-corrected chi connectivity index (χ1v) is 13.5. The van der Waals surface area contributed by atoms with Crippen LogP contribution in [0.3, 0.4) is 0 Å². The second kappa shape index (κ2) is 10.6. The maximum atomic E-state index is 13.6. The van der Waals surface area contributed by atoms with Crippen LogP contribution >= 0.6 is 0 Å². The molecule has 1 saturated heterocycles. The van der Waals surface area contributed by atoms with Gasteiger partial charge in [0.1, 0.15) is 0 Å². The largest absolute Gasteiger partial charge is 0.465 e. The van der Waals surface area contributed by atoms with E-state index in [4.69, 9.17) is 4.74 Å². The Hall–Kier alpha value is -4.79. The van der Waals surface area contributed by atoms with Crippen molar-refractivity contribution in [2.75, 3.05) is 23.9 Å². The lowest BCUT2D eigenvalue weighted by atomic mass is 9.73. The number of hydrogen-bond donors (Lipinski definition) is 1. The normalized spacial score (nSPS) is 24.2. The van der Waals surface area contributed by atoms with Crippen molar-refractivity contribution in [1.29, 1.82) is 0 Å². The number of nitrogens with one attached hydrogen (secondary N) is 1. The molecule has 0 radical (unpaired) electrons. The maximum absolute atomic E-state index is 13.6. The monoisotopic (exact) mass is 552 g/mol. The van der Waals surface area contributed by atoms with Crippen molar-refractivity contribution in [3.8, 4) is 0 Å². The fourth-order valence-corrected chi connectivity index (χ4v) is 6.79. The Morgan fingerprint density at radius 1 is 0.829 bits per heavy atom. The maximum Gasteiger partial charge on any atom is 0.338 e. The van der Waals surface area contributed by atoms with E-state index < -0.39 is 24.5 Å². The number of rotatable bonds is 7. The van der Waals surface area contributed by atoms with Gasteiger partial charge in [0.05, 0.1) is 35.8 Å². The minimum absolute atomic E-state index is 0.122. The molecule has 3 amide bonds. The van der Waals surface area contributed by atoms with Crippen LogP contribution in [0.2, 0.25) is 0 Å². The zero-order valence-corrected chi connectivity index (χ0v) is 22.3. The highest BCUT2D eigenvalue weighted by molar-refractivity contribution is 6.23. The van der Waals surface area contributed by atoms with E-state index in [0.29, 0.717) is 16.9 Å². The van der Waals surface area contributed by atoms with E-state index in [1.807, 2.05) is 18.2 Å². The Labute approximate surface area is 236 Å². The molecule has 0 spiro atoms. The highest BCUT2D eigenvalue weighted by atomic mass is 16.5. The van der Waals surface area contributed by atoms with Gasteiger partial charge in [-0.2, -0.15) is 0 Å². The summed E-state index contributed by atoms with van der Waals surface area (Å²) in [5.41, 5.74) is 2.42. The van der Waals surface area contributed by atoms with Crippen LogP contribution in [0.25, 0.3) is 0 Å². The number of imide groups is 1. The van der Waals surface area contributed by atoms with Gasteiger partial charge >= 0.3 is 11.9 Å². The van der Waals surface area contributed by atoms with Gasteiger partial charge in [0.2, 0.25) is 11.8 Å². The second-order valence-corrected chi connectivity index (χ2v) is 10.7. The minimum atomic E-state index is -0.758. The summed E-state index contributed by atoms with van der Waals surface area (Å²) in [4.78, 5) is 64.9. The molecule has 1 heterocycles. The summed E-state index contributed by atoms with van der Waals surface area (Å²) in [6.07, 6.45) is 1.77. The van der Waals surface area contributed by atoms with E-state index in [-0.39, 0.29) is 47.0 Å². The standard InChI is InChI=1S/C32H28N2O7/c1-40-31(38)19-10-12-22(13-11-19)33-26(35)17-41-32(39)20-8-5-9-23(14-20)34-29(36)27-21-15-24(18-6-3-2-4-7-18)25(16-21)28(27)30(34)37/h2-14,21,24-25,27-28H,15-17H2,1H3,(H,33,35)/t21-,24+,25+,27+,28+/m0/s1. The summed E-state index contributed by atoms with van der Waals surface area (Å²) >= 11 is 0. The van der Waals surface area contributed by atoms with Crippen LogP contribution in [0.15, 0.2) is 78.9 Å². The number of esters is 2. The van der Waals surface area contributed by atoms with Crippen molar-refractivity contribution < 1.29 is 33.4 Å². The van der Waals surface area contributed by atoms with Crippen molar-refractivity contribution in [3.05, 3.63) is 95.6 Å². The zero-order chi connectivity index (χ0) is 28.7. The van der Waals surface area contributed by atoms with Crippen molar-refractivity contribution in [1.82, 2.24) is 0 Å². The molecule has 0 aromatic heterocycles. The van der Waals surface area contributed by atoms with Crippen LogP contribution in [-0.4, -0.2) is 43.4 Å². The van der Waals surface area contributed by atoms with Gasteiger partial charge in [-0.05, 0) is 78.6 Å². The van der Waals surface area contributed by atoms with Crippen molar-refractivity contribution >= 4 is 41.0 Å². The van der Waals surface area contributed by atoms with E-state index in [1.165, 1.54) is 54.0 Å². The van der Waals surface area contributed by atoms with Crippen LogP contribution in [0, 0.1) is 23.7 Å². The molecule has 1 aliphatic heterocycles. The predicted octanol–water partition coefficient (Wildman–Crippen LogP) is 4.20.